The van der Waals surface area contributed by atoms with E-state index >= 15 is 0 Å². The fraction of sp³-hybridized carbons (Fsp3) is 0.889. The van der Waals surface area contributed by atoms with Crippen molar-refractivity contribution in [1.29, 1.82) is 0 Å². The van der Waals surface area contributed by atoms with Crippen LogP contribution in [0.15, 0.2) is 0 Å². The van der Waals surface area contributed by atoms with E-state index in [1.54, 1.807) is 0 Å². The van der Waals surface area contributed by atoms with Crippen LogP contribution in [0.25, 0.3) is 0 Å². The molecule has 2 heteroatoms. The Labute approximate surface area is 67.4 Å². The van der Waals surface area contributed by atoms with E-state index in [-0.39, 0.29) is 5.92 Å². The van der Waals surface area contributed by atoms with Gasteiger partial charge in [-0.15, -0.1) is 0 Å². The summed E-state index contributed by atoms with van der Waals surface area (Å²) in [4.78, 5) is 11.5. The summed E-state index contributed by atoms with van der Waals surface area (Å²) in [7, 11) is 0. The second-order valence-corrected chi connectivity index (χ2v) is 4.09. The van der Waals surface area contributed by atoms with Crippen LogP contribution >= 0.6 is 0 Å². The van der Waals surface area contributed by atoms with Crippen LogP contribution in [-0.4, -0.2) is 18.4 Å². The molecule has 3 atom stereocenters. The third-order valence-corrected chi connectivity index (χ3v) is 3.04. The highest BCUT2D eigenvalue weighted by Gasteiger charge is 2.50. The van der Waals surface area contributed by atoms with Gasteiger partial charge in [0.15, 0.2) is 0 Å². The van der Waals surface area contributed by atoms with Crippen LogP contribution in [0, 0.1) is 17.8 Å². The number of carbonyl (C=O) groups is 1. The van der Waals surface area contributed by atoms with Gasteiger partial charge >= 0.3 is 0 Å². The van der Waals surface area contributed by atoms with Crippen molar-refractivity contribution >= 4 is 5.78 Å². The van der Waals surface area contributed by atoms with Crippen molar-refractivity contribution < 1.29 is 4.79 Å². The van der Waals surface area contributed by atoms with Gasteiger partial charge in [0.1, 0.15) is 5.78 Å². The third kappa shape index (κ3) is 0.924. The molecule has 1 aliphatic carbocycles. The van der Waals surface area contributed by atoms with E-state index in [1.807, 2.05) is 13.8 Å². The minimum atomic E-state index is 0.227. The molecule has 0 unspecified atom stereocenters. The molecule has 2 bridgehead atoms. The van der Waals surface area contributed by atoms with Crippen LogP contribution < -0.4 is 5.32 Å². The van der Waals surface area contributed by atoms with Gasteiger partial charge in [-0.25, -0.2) is 0 Å². The van der Waals surface area contributed by atoms with Crippen LogP contribution in [0.4, 0.5) is 0 Å². The van der Waals surface area contributed by atoms with Gasteiger partial charge in [0.2, 0.25) is 0 Å². The summed E-state index contributed by atoms with van der Waals surface area (Å²) < 4.78 is 0. The van der Waals surface area contributed by atoms with Crippen molar-refractivity contribution in [3.63, 3.8) is 0 Å². The lowest BCUT2D eigenvalue weighted by molar-refractivity contribution is -0.130. The molecule has 2 nitrogen and oxygen atoms in total. The van der Waals surface area contributed by atoms with Gasteiger partial charge in [0.05, 0.1) is 0 Å². The Morgan fingerprint density at radius 1 is 1.55 bits per heavy atom. The van der Waals surface area contributed by atoms with Gasteiger partial charge < -0.3 is 5.32 Å². The Bertz CT molecular complexity index is 174. The molecule has 2 heterocycles. The SMILES string of the molecule is CC(C)C(=O)[C@H]1[C@@H]2CN[C@H]1C2. The Morgan fingerprint density at radius 2 is 2.27 bits per heavy atom. The van der Waals surface area contributed by atoms with Crippen molar-refractivity contribution in [2.24, 2.45) is 17.8 Å². The molecule has 0 aromatic heterocycles. The summed E-state index contributed by atoms with van der Waals surface area (Å²) in [6.07, 6.45) is 1.24. The molecule has 1 N–H and O–H groups in total. The van der Waals surface area contributed by atoms with Crippen molar-refractivity contribution in [1.82, 2.24) is 5.32 Å². The number of Topliss-reactive ketones (excluding diaryl/α,β-unsaturated/α-hetero) is 1. The Balaban J connectivity index is 2.02. The highest BCUT2D eigenvalue weighted by atomic mass is 16.1. The van der Waals surface area contributed by atoms with Crippen molar-refractivity contribution in [3.05, 3.63) is 0 Å². The van der Waals surface area contributed by atoms with E-state index in [2.05, 4.69) is 5.32 Å². The van der Waals surface area contributed by atoms with E-state index in [1.165, 1.54) is 6.42 Å². The van der Waals surface area contributed by atoms with Crippen molar-refractivity contribution in [2.45, 2.75) is 26.3 Å². The fourth-order valence-electron chi connectivity index (χ4n) is 2.29. The monoisotopic (exact) mass is 153 g/mol. The van der Waals surface area contributed by atoms with Gasteiger partial charge in [-0.2, -0.15) is 0 Å². The van der Waals surface area contributed by atoms with E-state index in [0.29, 0.717) is 23.7 Å². The summed E-state index contributed by atoms with van der Waals surface area (Å²) in [5, 5.41) is 3.36. The molecule has 3 rings (SSSR count). The molecule has 0 aromatic rings. The maximum Gasteiger partial charge on any atom is 0.140 e. The van der Waals surface area contributed by atoms with Crippen molar-refractivity contribution in [3.8, 4) is 0 Å². The number of carbonyl (C=O) groups excluding carboxylic acids is 1. The minimum Gasteiger partial charge on any atom is -0.313 e. The number of hydrogen-bond donors (Lipinski definition) is 1. The normalized spacial score (nSPS) is 40.8. The topological polar surface area (TPSA) is 29.1 Å². The summed E-state index contributed by atoms with van der Waals surface area (Å²) in [6, 6.07) is 0.537. The van der Waals surface area contributed by atoms with E-state index in [9.17, 15) is 4.79 Å². The highest BCUT2D eigenvalue weighted by Crippen LogP contribution is 2.41. The smallest absolute Gasteiger partial charge is 0.140 e. The van der Waals surface area contributed by atoms with Crippen LogP contribution in [0.2, 0.25) is 0 Å². The molecule has 2 aliphatic heterocycles. The standard InChI is InChI=1S/C9H15NO/c1-5(2)9(11)8-6-3-7(8)10-4-6/h5-8,10H,3-4H2,1-2H3/t6-,7-,8-/m0/s1. The van der Waals surface area contributed by atoms with Gasteiger partial charge in [0, 0.05) is 17.9 Å². The first-order chi connectivity index (χ1) is 5.20. The fourth-order valence-corrected chi connectivity index (χ4v) is 2.29. The third-order valence-electron chi connectivity index (χ3n) is 3.04. The lowest BCUT2D eigenvalue weighted by atomic mass is 9.69. The molecule has 62 valence electrons. The Kier molecular flexibility index (Phi) is 1.53. The minimum absolute atomic E-state index is 0.227. The molecule has 3 aliphatic rings. The summed E-state index contributed by atoms with van der Waals surface area (Å²) >= 11 is 0. The predicted molar refractivity (Wildman–Crippen MR) is 43.2 cm³/mol. The van der Waals surface area contributed by atoms with Crippen LogP contribution in [0.3, 0.4) is 0 Å². The summed E-state index contributed by atoms with van der Waals surface area (Å²) in [6.45, 7) is 5.08. The highest BCUT2D eigenvalue weighted by molar-refractivity contribution is 5.85. The maximum absolute atomic E-state index is 11.5. The maximum atomic E-state index is 11.5. The molecule has 11 heavy (non-hydrogen) atoms. The first kappa shape index (κ1) is 7.29. The summed E-state index contributed by atoms with van der Waals surface area (Å²) in [5.41, 5.74) is 0. The molecule has 3 fully saturated rings. The lowest BCUT2D eigenvalue weighted by Gasteiger charge is -2.34. The molecule has 0 aromatic carbocycles. The molecule has 2 saturated heterocycles. The van der Waals surface area contributed by atoms with E-state index in [4.69, 9.17) is 0 Å². The average Bonchev–Trinajstić information content (AvgIpc) is 2.44. The van der Waals surface area contributed by atoms with Crippen LogP contribution in [-0.2, 0) is 4.79 Å². The predicted octanol–water partition coefficient (Wildman–Crippen LogP) is 0.819. The summed E-state index contributed by atoms with van der Waals surface area (Å²) in [5.74, 6) is 1.74. The van der Waals surface area contributed by atoms with Crippen LogP contribution in [0.1, 0.15) is 20.3 Å². The zero-order chi connectivity index (χ0) is 8.01. The molecule has 0 spiro atoms. The average molecular weight is 153 g/mol. The first-order valence-corrected chi connectivity index (χ1v) is 4.47. The van der Waals surface area contributed by atoms with Crippen molar-refractivity contribution in [2.75, 3.05) is 6.54 Å². The zero-order valence-electron chi connectivity index (χ0n) is 7.13. The quantitative estimate of drug-likeness (QED) is 0.636. The zero-order valence-corrected chi connectivity index (χ0v) is 7.13. The van der Waals surface area contributed by atoms with Gasteiger partial charge in [-0.05, 0) is 18.9 Å². The first-order valence-electron chi connectivity index (χ1n) is 4.47. The molecular weight excluding hydrogens is 138 g/mol. The molecule has 0 radical (unpaired) electrons. The largest absolute Gasteiger partial charge is 0.313 e. The number of nitrogens with one attached hydrogen (secondary N) is 1. The number of rotatable bonds is 2. The van der Waals surface area contributed by atoms with Gasteiger partial charge in [-0.1, -0.05) is 13.8 Å². The Hall–Kier alpha value is -0.370. The van der Waals surface area contributed by atoms with Gasteiger partial charge in [0.25, 0.3) is 0 Å². The molecular formula is C9H15NO. The second-order valence-electron chi connectivity index (χ2n) is 4.09. The number of hydrogen-bond acceptors (Lipinski definition) is 2. The van der Waals surface area contributed by atoms with Gasteiger partial charge in [-0.3, -0.25) is 4.79 Å². The van der Waals surface area contributed by atoms with Crippen LogP contribution in [0.5, 0.6) is 0 Å². The van der Waals surface area contributed by atoms with E-state index in [0.717, 1.165) is 6.54 Å². The number of fused-ring (bicyclic) bond motifs is 1. The molecule has 0 amide bonds. The number of ketones is 1. The lowest BCUT2D eigenvalue weighted by Crippen LogP contribution is -2.43. The Morgan fingerprint density at radius 3 is 2.64 bits per heavy atom. The molecule has 1 saturated carbocycles. The van der Waals surface area contributed by atoms with E-state index < -0.39 is 0 Å². The second kappa shape index (κ2) is 2.31.